The molecule has 0 spiro atoms. The zero-order valence-corrected chi connectivity index (χ0v) is 10.1. The molecule has 1 aliphatic heterocycles. The van der Waals surface area contributed by atoms with E-state index in [1.165, 1.54) is 0 Å². The minimum Gasteiger partial charge on any atom is -0.464 e. The smallest absolute Gasteiger partial charge is 0.333 e. The van der Waals surface area contributed by atoms with Gasteiger partial charge in [0.15, 0.2) is 5.37 Å². The number of ether oxygens (including phenoxy) is 1. The van der Waals surface area contributed by atoms with Crippen molar-refractivity contribution in [1.82, 2.24) is 4.90 Å². The van der Waals surface area contributed by atoms with Gasteiger partial charge < -0.3 is 4.74 Å². The van der Waals surface area contributed by atoms with E-state index in [2.05, 4.69) is 11.5 Å². The Bertz CT molecular complexity index is 221. The Hall–Kier alpha value is -0.480. The van der Waals surface area contributed by atoms with Crippen molar-refractivity contribution in [2.45, 2.75) is 25.1 Å². The first-order valence-electron chi connectivity index (χ1n) is 5.42. The molecule has 1 unspecified atom stereocenters. The van der Waals surface area contributed by atoms with E-state index in [1.807, 2.05) is 13.0 Å². The third-order valence-electron chi connectivity index (χ3n) is 2.33. The van der Waals surface area contributed by atoms with E-state index in [1.54, 1.807) is 11.8 Å². The normalized spacial score (nSPS) is 21.5. The summed E-state index contributed by atoms with van der Waals surface area (Å²) in [5.41, 5.74) is 0. The van der Waals surface area contributed by atoms with Crippen molar-refractivity contribution in [3.8, 4) is 0 Å². The molecule has 0 bridgehead atoms. The average molecular weight is 229 g/mol. The molecular weight excluding hydrogens is 210 g/mol. The summed E-state index contributed by atoms with van der Waals surface area (Å²) in [5.74, 6) is 0.941. The van der Waals surface area contributed by atoms with Crippen LogP contribution in [0.5, 0.6) is 0 Å². The summed E-state index contributed by atoms with van der Waals surface area (Å²) >= 11 is 1.68. The second-order valence-electron chi connectivity index (χ2n) is 3.44. The largest absolute Gasteiger partial charge is 0.464 e. The second kappa shape index (κ2) is 6.90. The minimum atomic E-state index is -0.0846. The lowest BCUT2D eigenvalue weighted by atomic mass is 10.3. The fourth-order valence-corrected chi connectivity index (χ4v) is 2.79. The molecule has 0 amide bonds. The van der Waals surface area contributed by atoms with Gasteiger partial charge in [0.25, 0.3) is 0 Å². The number of allylic oxidation sites excluding steroid dienone is 1. The van der Waals surface area contributed by atoms with Crippen molar-refractivity contribution in [3.63, 3.8) is 0 Å². The molecule has 0 N–H and O–H groups in total. The Morgan fingerprint density at radius 2 is 2.53 bits per heavy atom. The zero-order chi connectivity index (χ0) is 11.1. The van der Waals surface area contributed by atoms with Gasteiger partial charge in [-0.05, 0) is 19.8 Å². The van der Waals surface area contributed by atoms with Crippen LogP contribution in [0.15, 0.2) is 12.7 Å². The predicted molar refractivity (Wildman–Crippen MR) is 63.9 cm³/mol. The summed E-state index contributed by atoms with van der Waals surface area (Å²) in [5, 5.41) is -0.0743. The lowest BCUT2D eigenvalue weighted by molar-refractivity contribution is -0.145. The summed E-state index contributed by atoms with van der Waals surface area (Å²) in [7, 11) is 0. The van der Waals surface area contributed by atoms with Crippen molar-refractivity contribution in [2.24, 2.45) is 0 Å². The number of hydrogen-bond donors (Lipinski definition) is 0. The number of carbonyl (C=O) groups is 1. The minimum absolute atomic E-state index is 0.0743. The highest BCUT2D eigenvalue weighted by molar-refractivity contribution is 8.00. The molecule has 1 atom stereocenters. The number of nitrogens with zero attached hydrogens (tertiary/aromatic N) is 1. The fraction of sp³-hybridized carbons (Fsp3) is 0.727. The molecule has 4 heteroatoms. The standard InChI is InChI=1S/C11H19NO2S/c1-3-5-6-7-12-8-9-15-10(12)11(13)14-4-2/h3,10H,1,4-9H2,2H3. The van der Waals surface area contributed by atoms with E-state index in [0.717, 1.165) is 31.7 Å². The third kappa shape index (κ3) is 3.87. The molecule has 0 saturated carbocycles. The summed E-state index contributed by atoms with van der Waals surface area (Å²) in [4.78, 5) is 13.8. The molecule has 1 heterocycles. The second-order valence-corrected chi connectivity index (χ2v) is 4.63. The maximum Gasteiger partial charge on any atom is 0.333 e. The van der Waals surface area contributed by atoms with E-state index in [-0.39, 0.29) is 11.3 Å². The van der Waals surface area contributed by atoms with Crippen LogP contribution >= 0.6 is 11.8 Å². The number of esters is 1. The zero-order valence-electron chi connectivity index (χ0n) is 9.28. The van der Waals surface area contributed by atoms with Crippen LogP contribution in [0.3, 0.4) is 0 Å². The van der Waals surface area contributed by atoms with Crippen LogP contribution < -0.4 is 0 Å². The highest BCUT2D eigenvalue weighted by Gasteiger charge is 2.31. The van der Waals surface area contributed by atoms with Crippen LogP contribution in [-0.4, -0.2) is 41.7 Å². The Kier molecular flexibility index (Phi) is 5.79. The van der Waals surface area contributed by atoms with E-state index in [9.17, 15) is 4.79 Å². The lowest BCUT2D eigenvalue weighted by Gasteiger charge is -2.21. The number of thioether (sulfide) groups is 1. The van der Waals surface area contributed by atoms with Crippen LogP contribution in [0.25, 0.3) is 0 Å². The first kappa shape index (κ1) is 12.6. The summed E-state index contributed by atoms with van der Waals surface area (Å²) in [6.45, 7) is 7.96. The van der Waals surface area contributed by atoms with Gasteiger partial charge in [0.1, 0.15) is 0 Å². The van der Waals surface area contributed by atoms with Gasteiger partial charge in [-0.3, -0.25) is 4.90 Å². The number of carbonyl (C=O) groups excluding carboxylic acids is 1. The quantitative estimate of drug-likeness (QED) is 0.395. The Labute approximate surface area is 95.9 Å². The van der Waals surface area contributed by atoms with Crippen LogP contribution in [0, 0.1) is 0 Å². The van der Waals surface area contributed by atoms with Crippen molar-refractivity contribution < 1.29 is 9.53 Å². The van der Waals surface area contributed by atoms with Crippen molar-refractivity contribution >= 4 is 17.7 Å². The molecular formula is C11H19NO2S. The molecule has 1 fully saturated rings. The Balaban J connectivity index is 2.35. The number of unbranched alkanes of at least 4 members (excludes halogenated alkanes) is 1. The molecule has 1 saturated heterocycles. The fourth-order valence-electron chi connectivity index (χ4n) is 1.60. The van der Waals surface area contributed by atoms with Crippen LogP contribution in [0.2, 0.25) is 0 Å². The van der Waals surface area contributed by atoms with Crippen molar-refractivity contribution in [2.75, 3.05) is 25.4 Å². The van der Waals surface area contributed by atoms with Gasteiger partial charge in [-0.2, -0.15) is 0 Å². The van der Waals surface area contributed by atoms with Gasteiger partial charge in [-0.15, -0.1) is 18.3 Å². The summed E-state index contributed by atoms with van der Waals surface area (Å²) in [6, 6.07) is 0. The van der Waals surface area contributed by atoms with Gasteiger partial charge in [-0.1, -0.05) is 6.08 Å². The first-order valence-corrected chi connectivity index (χ1v) is 6.47. The van der Waals surface area contributed by atoms with Gasteiger partial charge in [0, 0.05) is 18.8 Å². The van der Waals surface area contributed by atoms with E-state index in [4.69, 9.17) is 4.74 Å². The van der Waals surface area contributed by atoms with E-state index >= 15 is 0 Å². The molecule has 0 radical (unpaired) electrons. The highest BCUT2D eigenvalue weighted by Crippen LogP contribution is 2.24. The number of rotatable bonds is 6. The molecule has 3 nitrogen and oxygen atoms in total. The van der Waals surface area contributed by atoms with Gasteiger partial charge in [0.05, 0.1) is 6.61 Å². The van der Waals surface area contributed by atoms with Crippen molar-refractivity contribution in [3.05, 3.63) is 12.7 Å². The van der Waals surface area contributed by atoms with Crippen molar-refractivity contribution in [1.29, 1.82) is 0 Å². The van der Waals surface area contributed by atoms with Crippen LogP contribution in [0.1, 0.15) is 19.8 Å². The summed E-state index contributed by atoms with van der Waals surface area (Å²) in [6.07, 6.45) is 4.00. The average Bonchev–Trinajstić information content (AvgIpc) is 2.67. The van der Waals surface area contributed by atoms with Gasteiger partial charge in [-0.25, -0.2) is 4.79 Å². The molecule has 0 aromatic heterocycles. The lowest BCUT2D eigenvalue weighted by Crippen LogP contribution is -2.36. The maximum atomic E-state index is 11.6. The molecule has 1 aliphatic rings. The maximum absolute atomic E-state index is 11.6. The molecule has 15 heavy (non-hydrogen) atoms. The Morgan fingerprint density at radius 3 is 3.20 bits per heavy atom. The monoisotopic (exact) mass is 229 g/mol. The highest BCUT2D eigenvalue weighted by atomic mass is 32.2. The third-order valence-corrected chi connectivity index (χ3v) is 3.55. The summed E-state index contributed by atoms with van der Waals surface area (Å²) < 4.78 is 5.04. The Morgan fingerprint density at radius 1 is 1.73 bits per heavy atom. The van der Waals surface area contributed by atoms with Crippen LogP contribution in [0.4, 0.5) is 0 Å². The van der Waals surface area contributed by atoms with Gasteiger partial charge >= 0.3 is 5.97 Å². The molecule has 0 aromatic rings. The topological polar surface area (TPSA) is 29.5 Å². The molecule has 86 valence electrons. The number of hydrogen-bond acceptors (Lipinski definition) is 4. The first-order chi connectivity index (χ1) is 7.29. The molecule has 0 aliphatic carbocycles. The van der Waals surface area contributed by atoms with Gasteiger partial charge in [0.2, 0.25) is 0 Å². The molecule has 0 aromatic carbocycles. The predicted octanol–water partition coefficient (Wildman–Crippen LogP) is 1.89. The van der Waals surface area contributed by atoms with Crippen LogP contribution in [-0.2, 0) is 9.53 Å². The van der Waals surface area contributed by atoms with E-state index in [0.29, 0.717) is 6.61 Å². The SMILES string of the molecule is C=CCCCN1CCSC1C(=O)OCC. The molecule has 1 rings (SSSR count). The van der Waals surface area contributed by atoms with E-state index < -0.39 is 0 Å².